The third-order valence-electron chi connectivity index (χ3n) is 2.48. The van der Waals surface area contributed by atoms with Gasteiger partial charge in [0.25, 0.3) is 0 Å². The minimum absolute atomic E-state index is 0.347. The van der Waals surface area contributed by atoms with Gasteiger partial charge in [0.2, 0.25) is 0 Å². The summed E-state index contributed by atoms with van der Waals surface area (Å²) in [5, 5.41) is 0. The summed E-state index contributed by atoms with van der Waals surface area (Å²) in [6.45, 7) is 3.14. The lowest BCUT2D eigenvalue weighted by Gasteiger charge is -2.16. The maximum absolute atomic E-state index is 4.51. The van der Waals surface area contributed by atoms with Crippen molar-refractivity contribution < 1.29 is 0 Å². The Morgan fingerprint density at radius 1 is 1.69 bits per heavy atom. The smallest absolute Gasteiger partial charge is 0.127 e. The zero-order valence-corrected chi connectivity index (χ0v) is 8.12. The number of H-pyrrole nitrogens is 1. The topological polar surface area (TPSA) is 31.9 Å². The minimum atomic E-state index is 0.347. The van der Waals surface area contributed by atoms with Crippen molar-refractivity contribution in [1.82, 2.24) is 14.9 Å². The zero-order chi connectivity index (χ0) is 9.26. The van der Waals surface area contributed by atoms with Gasteiger partial charge in [-0.25, -0.2) is 4.98 Å². The molecule has 2 heterocycles. The molecule has 1 aromatic heterocycles. The highest BCUT2D eigenvalue weighted by atomic mass is 15.2. The van der Waals surface area contributed by atoms with Crippen LogP contribution in [0.15, 0.2) is 18.3 Å². The fourth-order valence-corrected chi connectivity index (χ4v) is 1.63. The highest BCUT2D eigenvalue weighted by Crippen LogP contribution is 2.22. The predicted octanol–water partition coefficient (Wildman–Crippen LogP) is 1.51. The number of aryl methyl sites for hydroxylation is 1. The molecule has 0 amide bonds. The van der Waals surface area contributed by atoms with Crippen LogP contribution in [0.3, 0.4) is 0 Å². The van der Waals surface area contributed by atoms with Crippen LogP contribution in [0.25, 0.3) is 0 Å². The number of hydrogen-bond donors (Lipinski definition) is 1. The number of hydrogen-bond acceptors (Lipinski definition) is 2. The summed E-state index contributed by atoms with van der Waals surface area (Å²) in [6.07, 6.45) is 7.36. The summed E-state index contributed by atoms with van der Waals surface area (Å²) in [5.41, 5.74) is 1.14. The maximum Gasteiger partial charge on any atom is 0.127 e. The molecule has 2 rings (SSSR count). The fraction of sp³-hybridized carbons (Fsp3) is 0.500. The van der Waals surface area contributed by atoms with Crippen molar-refractivity contribution in [2.45, 2.75) is 19.4 Å². The van der Waals surface area contributed by atoms with Gasteiger partial charge in [-0.15, -0.1) is 0 Å². The van der Waals surface area contributed by atoms with E-state index in [1.165, 1.54) is 0 Å². The zero-order valence-electron chi connectivity index (χ0n) is 8.12. The standard InChI is InChI=1S/C10H15N3/c1-3-8-7-11-10(12-8)9-5-4-6-13(9)2/h4-5,7,9H,3,6H2,1-2H3,(H,11,12). The molecule has 70 valence electrons. The number of likely N-dealkylation sites (N-methyl/N-ethyl adjacent to an activating group) is 1. The van der Waals surface area contributed by atoms with Crippen LogP contribution >= 0.6 is 0 Å². The van der Waals surface area contributed by atoms with Gasteiger partial charge in [-0.1, -0.05) is 19.1 Å². The summed E-state index contributed by atoms with van der Waals surface area (Å²) < 4.78 is 0. The first-order valence-corrected chi connectivity index (χ1v) is 4.72. The van der Waals surface area contributed by atoms with Gasteiger partial charge in [-0.2, -0.15) is 0 Å². The Labute approximate surface area is 78.5 Å². The third-order valence-corrected chi connectivity index (χ3v) is 2.48. The summed E-state index contributed by atoms with van der Waals surface area (Å²) in [6, 6.07) is 0.347. The maximum atomic E-state index is 4.51. The number of rotatable bonds is 2. The Morgan fingerprint density at radius 3 is 3.08 bits per heavy atom. The highest BCUT2D eigenvalue weighted by molar-refractivity contribution is 5.15. The van der Waals surface area contributed by atoms with Crippen molar-refractivity contribution in [3.8, 4) is 0 Å². The molecule has 3 nitrogen and oxygen atoms in total. The van der Waals surface area contributed by atoms with Gasteiger partial charge in [0.15, 0.2) is 0 Å². The van der Waals surface area contributed by atoms with E-state index in [1.54, 1.807) is 0 Å². The van der Waals surface area contributed by atoms with E-state index < -0.39 is 0 Å². The molecule has 3 heteroatoms. The molecule has 0 aromatic carbocycles. The summed E-state index contributed by atoms with van der Waals surface area (Å²) in [5.74, 6) is 1.06. The Morgan fingerprint density at radius 2 is 2.54 bits per heavy atom. The molecule has 1 aliphatic rings. The van der Waals surface area contributed by atoms with Crippen LogP contribution in [-0.2, 0) is 6.42 Å². The molecule has 1 N–H and O–H groups in total. The molecule has 0 saturated heterocycles. The van der Waals surface area contributed by atoms with Gasteiger partial charge in [0.1, 0.15) is 5.82 Å². The molecule has 1 unspecified atom stereocenters. The van der Waals surface area contributed by atoms with Crippen molar-refractivity contribution in [1.29, 1.82) is 0 Å². The molecule has 0 bridgehead atoms. The molecular weight excluding hydrogens is 162 g/mol. The Hall–Kier alpha value is -1.09. The number of nitrogens with zero attached hydrogens (tertiary/aromatic N) is 2. The van der Waals surface area contributed by atoms with Crippen LogP contribution < -0.4 is 0 Å². The van der Waals surface area contributed by atoms with Crippen molar-refractivity contribution in [2.24, 2.45) is 0 Å². The van der Waals surface area contributed by atoms with Crippen LogP contribution in [0, 0.1) is 0 Å². The van der Waals surface area contributed by atoms with Gasteiger partial charge in [-0.05, 0) is 13.5 Å². The van der Waals surface area contributed by atoms with E-state index >= 15 is 0 Å². The van der Waals surface area contributed by atoms with Crippen molar-refractivity contribution in [3.63, 3.8) is 0 Å². The summed E-state index contributed by atoms with van der Waals surface area (Å²) in [4.78, 5) is 10.00. The number of nitrogens with one attached hydrogen (secondary N) is 1. The second kappa shape index (κ2) is 3.34. The minimum Gasteiger partial charge on any atom is -0.347 e. The molecule has 1 aromatic rings. The van der Waals surface area contributed by atoms with E-state index in [1.807, 2.05) is 6.20 Å². The van der Waals surface area contributed by atoms with E-state index in [0.717, 1.165) is 24.5 Å². The molecule has 0 fully saturated rings. The van der Waals surface area contributed by atoms with Crippen LogP contribution in [0.1, 0.15) is 24.5 Å². The SMILES string of the molecule is CCc1c[nH]c(C2C=CCN2C)n1. The normalized spacial score (nSPS) is 22.8. The average molecular weight is 177 g/mol. The second-order valence-corrected chi connectivity index (χ2v) is 3.44. The lowest BCUT2D eigenvalue weighted by atomic mass is 10.3. The summed E-state index contributed by atoms with van der Waals surface area (Å²) >= 11 is 0. The van der Waals surface area contributed by atoms with Crippen LogP contribution in [-0.4, -0.2) is 28.5 Å². The first-order chi connectivity index (χ1) is 6.31. The largest absolute Gasteiger partial charge is 0.347 e. The first-order valence-electron chi connectivity index (χ1n) is 4.72. The van der Waals surface area contributed by atoms with Gasteiger partial charge in [0.05, 0.1) is 11.7 Å². The van der Waals surface area contributed by atoms with Crippen LogP contribution in [0.4, 0.5) is 0 Å². The molecule has 0 aliphatic carbocycles. The monoisotopic (exact) mass is 177 g/mol. The highest BCUT2D eigenvalue weighted by Gasteiger charge is 2.19. The van der Waals surface area contributed by atoms with Crippen LogP contribution in [0.5, 0.6) is 0 Å². The second-order valence-electron chi connectivity index (χ2n) is 3.44. The lowest BCUT2D eigenvalue weighted by Crippen LogP contribution is -2.19. The molecule has 0 saturated carbocycles. The molecular formula is C10H15N3. The van der Waals surface area contributed by atoms with Crippen molar-refractivity contribution in [3.05, 3.63) is 29.9 Å². The Kier molecular flexibility index (Phi) is 2.19. The van der Waals surface area contributed by atoms with E-state index in [0.29, 0.717) is 6.04 Å². The number of aromatic amines is 1. The molecule has 0 spiro atoms. The van der Waals surface area contributed by atoms with Crippen molar-refractivity contribution in [2.75, 3.05) is 13.6 Å². The first kappa shape index (κ1) is 8.51. The average Bonchev–Trinajstić information content (AvgIpc) is 2.71. The Balaban J connectivity index is 2.20. The van der Waals surface area contributed by atoms with Gasteiger partial charge in [0, 0.05) is 12.7 Å². The molecule has 1 atom stereocenters. The van der Waals surface area contributed by atoms with E-state index in [9.17, 15) is 0 Å². The van der Waals surface area contributed by atoms with E-state index in [4.69, 9.17) is 0 Å². The molecule has 1 aliphatic heterocycles. The van der Waals surface area contributed by atoms with Gasteiger partial charge >= 0.3 is 0 Å². The van der Waals surface area contributed by atoms with Gasteiger partial charge in [-0.3, -0.25) is 4.90 Å². The number of imidazole rings is 1. The number of aromatic nitrogens is 2. The van der Waals surface area contributed by atoms with E-state index in [-0.39, 0.29) is 0 Å². The third kappa shape index (κ3) is 1.52. The molecule has 13 heavy (non-hydrogen) atoms. The molecule has 0 radical (unpaired) electrons. The summed E-state index contributed by atoms with van der Waals surface area (Å²) in [7, 11) is 2.11. The van der Waals surface area contributed by atoms with Crippen molar-refractivity contribution >= 4 is 0 Å². The Bertz CT molecular complexity index is 314. The van der Waals surface area contributed by atoms with Gasteiger partial charge < -0.3 is 4.98 Å². The lowest BCUT2D eigenvalue weighted by molar-refractivity contribution is 0.330. The quantitative estimate of drug-likeness (QED) is 0.694. The van der Waals surface area contributed by atoms with Crippen LogP contribution in [0.2, 0.25) is 0 Å². The van der Waals surface area contributed by atoms with E-state index in [2.05, 4.69) is 41.0 Å². The fourth-order valence-electron chi connectivity index (χ4n) is 1.63. The predicted molar refractivity (Wildman–Crippen MR) is 52.5 cm³/mol.